The molecule has 1 aliphatic carbocycles. The highest BCUT2D eigenvalue weighted by atomic mass is 16.6. The molecule has 0 saturated heterocycles. The van der Waals surface area contributed by atoms with Crippen LogP contribution in [-0.4, -0.2) is 31.7 Å². The number of Topliss-reactive ketones (excluding diaryl/α,β-unsaturated/α-hetero) is 1. The number of carbonyl (C=O) groups excluding carboxylic acids is 1. The van der Waals surface area contributed by atoms with Crippen molar-refractivity contribution in [2.45, 2.75) is 31.5 Å². The van der Waals surface area contributed by atoms with Crippen molar-refractivity contribution in [3.8, 4) is 23.0 Å². The highest BCUT2D eigenvalue weighted by Gasteiger charge is 2.72. The molecule has 7 rings (SSSR count). The maximum atomic E-state index is 14.0. The Hall–Kier alpha value is -3.94. The van der Waals surface area contributed by atoms with Crippen LogP contribution in [-0.2, 0) is 0 Å². The van der Waals surface area contributed by atoms with Crippen molar-refractivity contribution in [1.82, 2.24) is 0 Å². The van der Waals surface area contributed by atoms with Gasteiger partial charge in [-0.05, 0) is 19.9 Å². The molecule has 0 amide bonds. The van der Waals surface area contributed by atoms with Crippen LogP contribution in [0.1, 0.15) is 34.5 Å². The number of carbonyl (C=O) groups is 1. The molecule has 0 N–H and O–H groups in total. The predicted octanol–water partition coefficient (Wildman–Crippen LogP) is 4.37. The first-order valence-electron chi connectivity index (χ1n) is 11.0. The molecule has 1 fully saturated rings. The molecule has 1 saturated carbocycles. The van der Waals surface area contributed by atoms with Gasteiger partial charge in [-0.25, -0.2) is 0 Å². The van der Waals surface area contributed by atoms with Crippen LogP contribution < -0.4 is 24.4 Å². The van der Waals surface area contributed by atoms with E-state index in [1.807, 2.05) is 6.92 Å². The Bertz CT molecular complexity index is 1630. The molecule has 2 aliphatic heterocycles. The van der Waals surface area contributed by atoms with Gasteiger partial charge in [-0.1, -0.05) is 0 Å². The number of ketones is 1. The topological polar surface area (TPSA) is 97.3 Å². The lowest BCUT2D eigenvalue weighted by atomic mass is 9.54. The summed E-state index contributed by atoms with van der Waals surface area (Å²) in [6.45, 7) is 3.60. The van der Waals surface area contributed by atoms with E-state index in [1.165, 1.54) is 20.3 Å². The Morgan fingerprint density at radius 2 is 1.76 bits per heavy atom. The van der Waals surface area contributed by atoms with Crippen molar-refractivity contribution in [3.05, 3.63) is 57.6 Å². The largest absolute Gasteiger partial charge is 0.495 e. The van der Waals surface area contributed by atoms with Gasteiger partial charge in [-0.15, -0.1) is 0 Å². The van der Waals surface area contributed by atoms with Crippen molar-refractivity contribution < 1.29 is 32.6 Å². The maximum Gasteiger partial charge on any atom is 0.196 e. The maximum absolute atomic E-state index is 14.0. The standard InChI is InChI=1S/C26H20O8/c1-10-7-12(27)17-14(32-10)9-15-18(24(17)30-4)20-21-22(28)19-16(34-26(21,2)25(20)33-15)8-13-11(5-6-31-13)23(19)29-3/h5-9,20-21,25H,1-4H3/t20-,21-,25-,26+/m0/s1. The molecule has 4 aromatic rings. The van der Waals surface area contributed by atoms with Crippen molar-refractivity contribution in [3.63, 3.8) is 0 Å². The van der Waals surface area contributed by atoms with Crippen LogP contribution in [0.5, 0.6) is 23.0 Å². The van der Waals surface area contributed by atoms with Crippen LogP contribution in [0, 0.1) is 12.8 Å². The molecule has 3 aliphatic rings. The summed E-state index contributed by atoms with van der Waals surface area (Å²) in [4.78, 5) is 26.8. The second-order valence-electron chi connectivity index (χ2n) is 9.22. The third-order valence-corrected chi connectivity index (χ3v) is 7.49. The number of methoxy groups -OCH3 is 2. The van der Waals surface area contributed by atoms with Gasteiger partial charge in [0.2, 0.25) is 0 Å². The first-order chi connectivity index (χ1) is 16.4. The van der Waals surface area contributed by atoms with Crippen LogP contribution in [0.4, 0.5) is 0 Å². The smallest absolute Gasteiger partial charge is 0.196 e. The zero-order valence-electron chi connectivity index (χ0n) is 18.9. The van der Waals surface area contributed by atoms with Crippen LogP contribution in [0.25, 0.3) is 21.9 Å². The zero-order chi connectivity index (χ0) is 23.5. The fourth-order valence-corrected chi connectivity index (χ4v) is 6.14. The molecule has 2 aromatic heterocycles. The summed E-state index contributed by atoms with van der Waals surface area (Å²) in [5, 5.41) is 1.05. The number of hydrogen-bond donors (Lipinski definition) is 0. The molecule has 8 heteroatoms. The second kappa shape index (κ2) is 6.14. The summed E-state index contributed by atoms with van der Waals surface area (Å²) in [6.07, 6.45) is 1.11. The number of rotatable bonds is 2. The highest BCUT2D eigenvalue weighted by molar-refractivity contribution is 6.10. The Balaban J connectivity index is 1.45. The normalized spacial score (nSPS) is 26.1. The van der Waals surface area contributed by atoms with Gasteiger partial charge >= 0.3 is 0 Å². The van der Waals surface area contributed by atoms with E-state index in [0.29, 0.717) is 61.8 Å². The third kappa shape index (κ3) is 2.09. The van der Waals surface area contributed by atoms with Gasteiger partial charge in [0.25, 0.3) is 0 Å². The number of aryl methyl sites for hydroxylation is 1. The van der Waals surface area contributed by atoms with Gasteiger partial charge in [-0.2, -0.15) is 0 Å². The summed E-state index contributed by atoms with van der Waals surface area (Å²) < 4.78 is 35.5. The minimum atomic E-state index is -0.913. The van der Waals surface area contributed by atoms with Gasteiger partial charge in [0.1, 0.15) is 57.0 Å². The van der Waals surface area contributed by atoms with Crippen molar-refractivity contribution in [2.75, 3.05) is 14.2 Å². The number of fused-ring (bicyclic) bond motifs is 9. The summed E-state index contributed by atoms with van der Waals surface area (Å²) in [5.41, 5.74) is 0.925. The quantitative estimate of drug-likeness (QED) is 0.435. The third-order valence-electron chi connectivity index (χ3n) is 7.49. The summed E-state index contributed by atoms with van der Waals surface area (Å²) in [5.74, 6) is 1.25. The lowest BCUT2D eigenvalue weighted by Gasteiger charge is -2.56. The fourth-order valence-electron chi connectivity index (χ4n) is 6.14. The van der Waals surface area contributed by atoms with Gasteiger partial charge in [-0.3, -0.25) is 9.59 Å². The SMILES string of the molecule is COc1c2c(cc3occc13)O[C@]1(C)[C@H](C2=O)[C@@H]2c3c(cc4oc(C)cc(=O)c4c3OC)O[C@@H]21. The van der Waals surface area contributed by atoms with Gasteiger partial charge in [0, 0.05) is 29.7 Å². The highest BCUT2D eigenvalue weighted by Crippen LogP contribution is 2.65. The first-order valence-corrected chi connectivity index (χ1v) is 11.0. The van der Waals surface area contributed by atoms with E-state index >= 15 is 0 Å². The molecule has 0 unspecified atom stereocenters. The molecular formula is C26H20O8. The molecule has 8 nitrogen and oxygen atoms in total. The van der Waals surface area contributed by atoms with E-state index < -0.39 is 17.6 Å². The van der Waals surface area contributed by atoms with Crippen LogP contribution in [0.2, 0.25) is 0 Å². The molecule has 34 heavy (non-hydrogen) atoms. The van der Waals surface area contributed by atoms with E-state index in [1.54, 1.807) is 31.4 Å². The molecule has 4 atom stereocenters. The molecule has 4 heterocycles. The van der Waals surface area contributed by atoms with E-state index in [-0.39, 0.29) is 17.1 Å². The van der Waals surface area contributed by atoms with E-state index in [0.717, 1.165) is 0 Å². The minimum absolute atomic E-state index is 0.0977. The number of ether oxygens (including phenoxy) is 4. The molecular weight excluding hydrogens is 440 g/mol. The molecule has 0 spiro atoms. The average Bonchev–Trinajstić information content (AvgIpc) is 3.39. The van der Waals surface area contributed by atoms with Crippen LogP contribution in [0.15, 0.2) is 44.2 Å². The second-order valence-corrected chi connectivity index (χ2v) is 9.22. The Kier molecular flexibility index (Phi) is 3.52. The summed E-state index contributed by atoms with van der Waals surface area (Å²) in [6, 6.07) is 6.63. The van der Waals surface area contributed by atoms with E-state index in [4.69, 9.17) is 27.8 Å². The van der Waals surface area contributed by atoms with Gasteiger partial charge in [0.05, 0.1) is 31.8 Å². The van der Waals surface area contributed by atoms with Crippen molar-refractivity contribution in [2.24, 2.45) is 5.92 Å². The summed E-state index contributed by atoms with van der Waals surface area (Å²) >= 11 is 0. The summed E-state index contributed by atoms with van der Waals surface area (Å²) in [7, 11) is 3.03. The molecule has 0 radical (unpaired) electrons. The molecule has 0 bridgehead atoms. The average molecular weight is 460 g/mol. The Labute approximate surface area is 192 Å². The van der Waals surface area contributed by atoms with Gasteiger partial charge < -0.3 is 27.8 Å². The number of hydrogen-bond acceptors (Lipinski definition) is 8. The van der Waals surface area contributed by atoms with Crippen molar-refractivity contribution >= 4 is 27.7 Å². The lowest BCUT2D eigenvalue weighted by Crippen LogP contribution is -2.70. The zero-order valence-corrected chi connectivity index (χ0v) is 18.9. The minimum Gasteiger partial charge on any atom is -0.495 e. The van der Waals surface area contributed by atoms with Gasteiger partial charge in [0.15, 0.2) is 16.8 Å². The molecule has 2 aromatic carbocycles. The number of furan rings is 1. The van der Waals surface area contributed by atoms with E-state index in [2.05, 4.69) is 0 Å². The molecule has 172 valence electrons. The van der Waals surface area contributed by atoms with Crippen LogP contribution >= 0.6 is 0 Å². The fraction of sp³-hybridized carbons (Fsp3) is 0.308. The first kappa shape index (κ1) is 19.5. The monoisotopic (exact) mass is 460 g/mol. The van der Waals surface area contributed by atoms with Crippen LogP contribution in [0.3, 0.4) is 0 Å². The lowest BCUT2D eigenvalue weighted by molar-refractivity contribution is -0.143. The Morgan fingerprint density at radius 1 is 1.00 bits per heavy atom. The van der Waals surface area contributed by atoms with E-state index in [9.17, 15) is 9.59 Å². The Morgan fingerprint density at radius 3 is 2.53 bits per heavy atom. The van der Waals surface area contributed by atoms with Crippen molar-refractivity contribution in [1.29, 1.82) is 0 Å². The number of benzene rings is 2. The predicted molar refractivity (Wildman–Crippen MR) is 121 cm³/mol.